The van der Waals surface area contributed by atoms with Crippen LogP contribution in [0.4, 0.5) is 18.9 Å². The van der Waals surface area contributed by atoms with E-state index in [0.29, 0.717) is 16.9 Å². The summed E-state index contributed by atoms with van der Waals surface area (Å²) in [4.78, 5) is 23.3. The molecule has 0 amide bonds. The molecule has 8 nitrogen and oxygen atoms in total. The van der Waals surface area contributed by atoms with E-state index < -0.39 is 11.7 Å². The number of rotatable bonds is 11. The Morgan fingerprint density at radius 3 is 0.904 bits per heavy atom. The second-order valence-electron chi connectivity index (χ2n) is 23.2. The van der Waals surface area contributed by atoms with Gasteiger partial charge in [-0.2, -0.15) is 18.4 Å². The molecule has 0 aliphatic rings. The first kappa shape index (κ1) is 56.4. The molecule has 16 rings (SSSR count). The minimum atomic E-state index is -4.83. The molecular formula is C83H49F3N8. The number of hydrogen-bond donors (Lipinski definition) is 0. The summed E-state index contributed by atoms with van der Waals surface area (Å²) in [5, 5.41) is 14.7. The van der Waals surface area contributed by atoms with Crippen LogP contribution in [-0.4, -0.2) is 29.1 Å². The van der Waals surface area contributed by atoms with Crippen molar-refractivity contribution in [2.24, 2.45) is 0 Å². The summed E-state index contributed by atoms with van der Waals surface area (Å²) in [6.45, 7) is 8.26. The van der Waals surface area contributed by atoms with Gasteiger partial charge >= 0.3 is 6.18 Å². The van der Waals surface area contributed by atoms with E-state index in [1.54, 1.807) is 12.1 Å². The Morgan fingerprint density at radius 1 is 0.330 bits per heavy atom. The molecule has 16 aromatic rings. The number of aromatic nitrogens is 6. The average molecular weight is 1220 g/mol. The lowest BCUT2D eigenvalue weighted by Crippen LogP contribution is -2.07. The van der Waals surface area contributed by atoms with Crippen molar-refractivity contribution in [3.05, 3.63) is 320 Å². The first-order valence-electron chi connectivity index (χ1n) is 30.5. The van der Waals surface area contributed by atoms with E-state index in [2.05, 4.69) is 59.4 Å². The van der Waals surface area contributed by atoms with Gasteiger partial charge in [0.2, 0.25) is 0 Å². The third-order valence-corrected chi connectivity index (χ3v) is 17.6. The molecule has 0 aliphatic carbocycles. The zero-order valence-electron chi connectivity index (χ0n) is 50.0. The summed E-state index contributed by atoms with van der Waals surface area (Å²) >= 11 is 0. The zero-order chi connectivity index (χ0) is 63.4. The molecule has 442 valence electrons. The van der Waals surface area contributed by atoms with Gasteiger partial charge in [0.05, 0.1) is 74.4 Å². The zero-order valence-corrected chi connectivity index (χ0v) is 50.0. The molecule has 11 heteroatoms. The van der Waals surface area contributed by atoms with Crippen LogP contribution in [0.2, 0.25) is 0 Å². The first-order valence-corrected chi connectivity index (χ1v) is 30.5. The van der Waals surface area contributed by atoms with Crippen molar-refractivity contribution >= 4 is 49.3 Å². The van der Waals surface area contributed by atoms with Crippen LogP contribution in [0.1, 0.15) is 11.1 Å². The summed E-state index contributed by atoms with van der Waals surface area (Å²) < 4.78 is 50.5. The van der Waals surface area contributed by atoms with Crippen molar-refractivity contribution < 1.29 is 13.2 Å². The Morgan fingerprint density at radius 2 is 0.638 bits per heavy atom. The molecule has 0 unspecified atom stereocenters. The Labute approximate surface area is 538 Å². The van der Waals surface area contributed by atoms with E-state index in [0.717, 1.165) is 145 Å². The van der Waals surface area contributed by atoms with Crippen molar-refractivity contribution in [3.63, 3.8) is 0 Å². The number of alkyl halides is 3. The molecule has 0 N–H and O–H groups in total. The van der Waals surface area contributed by atoms with Gasteiger partial charge in [0, 0.05) is 102 Å². The van der Waals surface area contributed by atoms with E-state index in [9.17, 15) is 5.26 Å². The SMILES string of the molecule is [C-]#[N+]c1cc(-c2c(-n3c4ccc(-c5ccc(-c6ccccc6)nc5)cc4c4cc(-c5ccc(-c6ccccc6)nc5)ccc43)cc(C#N)cc2-n2c3ccc(-c4ccc(-c5ccccc5)nc4)cc3c3cc(-c4ccc(-c5ccccc5)nc4)ccc32)cc(C(F)(F)F)c1. The van der Waals surface area contributed by atoms with Crippen LogP contribution >= 0.6 is 0 Å². The maximum Gasteiger partial charge on any atom is 0.415 e. The molecule has 0 bridgehead atoms. The largest absolute Gasteiger partial charge is 0.415 e. The fourth-order valence-corrected chi connectivity index (χ4v) is 13.0. The Bertz CT molecular complexity index is 5090. The van der Waals surface area contributed by atoms with Crippen LogP contribution in [0.5, 0.6) is 0 Å². The van der Waals surface area contributed by atoms with Crippen LogP contribution < -0.4 is 0 Å². The van der Waals surface area contributed by atoms with Crippen LogP contribution in [0.15, 0.2) is 298 Å². The number of fused-ring (bicyclic) bond motifs is 6. The minimum absolute atomic E-state index is 0.130. The highest BCUT2D eigenvalue weighted by molar-refractivity contribution is 6.14. The van der Waals surface area contributed by atoms with Crippen LogP contribution in [0.3, 0.4) is 0 Å². The Balaban J connectivity index is 0.954. The van der Waals surface area contributed by atoms with E-state index in [1.807, 2.05) is 228 Å². The standard InChI is InChI=1S/C83H49F3N8/c1-88-67-41-65(40-66(46-67)83(84,85)86)82-80(93-76-34-26-57(61-22-30-72(89-48-61)53-14-6-2-7-15-53)42-68(76)69-43-58(27-35-77(69)93)62-23-31-73(90-49-62)54-16-8-3-9-17-54)38-52(47-87)39-81(82)94-78-36-28-59(63-24-32-74(91-50-63)55-18-10-4-11-19-55)44-70(78)71-45-60(29-37-79(71)94)64-25-33-75(92-51-64)56-20-12-5-13-21-56/h2-46,48-51H. The van der Waals surface area contributed by atoms with Gasteiger partial charge in [0.1, 0.15) is 0 Å². The van der Waals surface area contributed by atoms with E-state index in [-0.39, 0.29) is 16.8 Å². The van der Waals surface area contributed by atoms with Gasteiger partial charge in [-0.1, -0.05) is 170 Å². The molecule has 94 heavy (non-hydrogen) atoms. The number of nitrogens with zero attached hydrogens (tertiary/aromatic N) is 8. The number of hydrogen-bond acceptors (Lipinski definition) is 5. The van der Waals surface area contributed by atoms with Crippen molar-refractivity contribution in [2.45, 2.75) is 6.18 Å². The minimum Gasteiger partial charge on any atom is -0.308 e. The molecule has 6 heterocycles. The molecule has 0 saturated heterocycles. The van der Waals surface area contributed by atoms with E-state index >= 15 is 13.2 Å². The second kappa shape index (κ2) is 23.2. The van der Waals surface area contributed by atoms with Gasteiger partial charge in [-0.25, -0.2) is 4.85 Å². The molecule has 0 fully saturated rings. The molecular weight excluding hydrogens is 1170 g/mol. The highest BCUT2D eigenvalue weighted by atomic mass is 19.4. The van der Waals surface area contributed by atoms with Crippen molar-refractivity contribution in [1.82, 2.24) is 29.1 Å². The maximum atomic E-state index is 15.5. The second-order valence-corrected chi connectivity index (χ2v) is 23.2. The average Bonchev–Trinajstić information content (AvgIpc) is 1.53. The molecule has 0 spiro atoms. The van der Waals surface area contributed by atoms with Gasteiger partial charge in [-0.15, -0.1) is 0 Å². The topological polar surface area (TPSA) is 89.6 Å². The number of halogens is 3. The van der Waals surface area contributed by atoms with Gasteiger partial charge in [0.15, 0.2) is 5.69 Å². The molecule has 0 radical (unpaired) electrons. The lowest BCUT2D eigenvalue weighted by molar-refractivity contribution is -0.137. The van der Waals surface area contributed by atoms with Crippen molar-refractivity contribution in [3.8, 4) is 118 Å². The van der Waals surface area contributed by atoms with E-state index in [1.165, 1.54) is 6.07 Å². The normalized spacial score (nSPS) is 11.5. The van der Waals surface area contributed by atoms with Gasteiger partial charge in [0.25, 0.3) is 0 Å². The number of nitriles is 1. The first-order chi connectivity index (χ1) is 46.1. The van der Waals surface area contributed by atoms with Crippen LogP contribution in [0.25, 0.3) is 160 Å². The third kappa shape index (κ3) is 10.3. The highest BCUT2D eigenvalue weighted by Gasteiger charge is 2.33. The van der Waals surface area contributed by atoms with Gasteiger partial charge in [-0.05, 0) is 131 Å². The van der Waals surface area contributed by atoms with Crippen LogP contribution in [0, 0.1) is 17.9 Å². The predicted octanol–water partition coefficient (Wildman–Crippen LogP) is 21.9. The van der Waals surface area contributed by atoms with Crippen LogP contribution in [-0.2, 0) is 6.18 Å². The Kier molecular flexibility index (Phi) is 13.9. The summed E-state index contributed by atoms with van der Waals surface area (Å²) in [5.74, 6) is 0. The molecule has 6 aromatic heterocycles. The quantitative estimate of drug-likeness (QED) is 0.120. The highest BCUT2D eigenvalue weighted by Crippen LogP contribution is 2.47. The third-order valence-electron chi connectivity index (χ3n) is 17.6. The number of pyridine rings is 4. The maximum absolute atomic E-state index is 15.5. The summed E-state index contributed by atoms with van der Waals surface area (Å²) in [6.07, 6.45) is 2.64. The summed E-state index contributed by atoms with van der Waals surface area (Å²) in [5.41, 5.74) is 17.6. The lowest BCUT2D eigenvalue weighted by Gasteiger charge is -2.22. The summed E-state index contributed by atoms with van der Waals surface area (Å²) in [6, 6.07) is 90.4. The van der Waals surface area contributed by atoms with Crippen molar-refractivity contribution in [1.29, 1.82) is 5.26 Å². The van der Waals surface area contributed by atoms with Gasteiger partial charge < -0.3 is 9.13 Å². The van der Waals surface area contributed by atoms with E-state index in [4.69, 9.17) is 26.5 Å². The molecule has 10 aromatic carbocycles. The van der Waals surface area contributed by atoms with Gasteiger partial charge in [-0.3, -0.25) is 19.9 Å². The molecule has 0 atom stereocenters. The lowest BCUT2D eigenvalue weighted by atomic mass is 9.95. The van der Waals surface area contributed by atoms with Crippen molar-refractivity contribution in [2.75, 3.05) is 0 Å². The molecule has 0 aliphatic heterocycles. The Hall–Kier alpha value is -12.8. The fraction of sp³-hybridized carbons (Fsp3) is 0.0120. The molecule has 0 saturated carbocycles. The predicted molar refractivity (Wildman–Crippen MR) is 371 cm³/mol. The summed E-state index contributed by atoms with van der Waals surface area (Å²) in [7, 11) is 0. The fourth-order valence-electron chi connectivity index (χ4n) is 13.0. The smallest absolute Gasteiger partial charge is 0.308 e. The number of benzene rings is 10. The monoisotopic (exact) mass is 1210 g/mol.